The molecule has 0 amide bonds. The standard InChI is InChI=1S/C18H14ClFN2O2/c1-23-15-4-2-3-12(9-15)10-18-22-21-17(24-18)8-6-13-5-7-14(20)11-16(13)19/h2-9,11H,10H2,1H3/b8-6+. The summed E-state index contributed by atoms with van der Waals surface area (Å²) in [6.07, 6.45) is 3.85. The van der Waals surface area contributed by atoms with Crippen molar-refractivity contribution in [2.45, 2.75) is 6.42 Å². The molecule has 0 aliphatic carbocycles. The van der Waals surface area contributed by atoms with Gasteiger partial charge in [-0.25, -0.2) is 4.39 Å². The van der Waals surface area contributed by atoms with Gasteiger partial charge in [-0.3, -0.25) is 0 Å². The molecule has 0 spiro atoms. The second kappa shape index (κ2) is 7.27. The Bertz CT molecular complexity index is 877. The molecule has 0 aliphatic heterocycles. The van der Waals surface area contributed by atoms with Gasteiger partial charge in [-0.05, 0) is 41.5 Å². The number of aromatic nitrogens is 2. The van der Waals surface area contributed by atoms with Gasteiger partial charge in [-0.15, -0.1) is 10.2 Å². The normalized spacial score (nSPS) is 11.1. The van der Waals surface area contributed by atoms with E-state index >= 15 is 0 Å². The second-order valence-electron chi connectivity index (χ2n) is 5.06. The van der Waals surface area contributed by atoms with Gasteiger partial charge in [0.2, 0.25) is 11.8 Å². The van der Waals surface area contributed by atoms with Crippen LogP contribution >= 0.6 is 11.6 Å². The number of rotatable bonds is 5. The van der Waals surface area contributed by atoms with Gasteiger partial charge in [0.05, 0.1) is 18.6 Å². The summed E-state index contributed by atoms with van der Waals surface area (Å²) < 4.78 is 23.8. The molecule has 0 saturated heterocycles. The second-order valence-corrected chi connectivity index (χ2v) is 5.47. The topological polar surface area (TPSA) is 48.2 Å². The lowest BCUT2D eigenvalue weighted by Crippen LogP contribution is -1.90. The highest BCUT2D eigenvalue weighted by Crippen LogP contribution is 2.20. The van der Waals surface area contributed by atoms with E-state index in [1.165, 1.54) is 12.1 Å². The first-order valence-corrected chi connectivity index (χ1v) is 7.60. The van der Waals surface area contributed by atoms with Crippen LogP contribution in [0.15, 0.2) is 46.9 Å². The summed E-state index contributed by atoms with van der Waals surface area (Å²) in [6.45, 7) is 0. The van der Waals surface area contributed by atoms with E-state index in [-0.39, 0.29) is 5.82 Å². The largest absolute Gasteiger partial charge is 0.497 e. The molecule has 0 aliphatic rings. The molecule has 24 heavy (non-hydrogen) atoms. The van der Waals surface area contributed by atoms with E-state index in [2.05, 4.69) is 10.2 Å². The molecule has 0 bridgehead atoms. The van der Waals surface area contributed by atoms with Crippen LogP contribution in [-0.2, 0) is 6.42 Å². The number of hydrogen-bond donors (Lipinski definition) is 0. The first kappa shape index (κ1) is 16.2. The van der Waals surface area contributed by atoms with Crippen molar-refractivity contribution in [2.75, 3.05) is 7.11 Å². The lowest BCUT2D eigenvalue weighted by Gasteiger charge is -2.01. The van der Waals surface area contributed by atoms with Gasteiger partial charge in [-0.1, -0.05) is 29.8 Å². The summed E-state index contributed by atoms with van der Waals surface area (Å²) in [5.41, 5.74) is 1.68. The van der Waals surface area contributed by atoms with Crippen LogP contribution in [0.4, 0.5) is 4.39 Å². The average Bonchev–Trinajstić information content (AvgIpc) is 3.01. The van der Waals surface area contributed by atoms with Gasteiger partial charge in [-0.2, -0.15) is 0 Å². The summed E-state index contributed by atoms with van der Waals surface area (Å²) in [6, 6.07) is 11.8. The smallest absolute Gasteiger partial charge is 0.240 e. The van der Waals surface area contributed by atoms with Crippen molar-refractivity contribution in [1.82, 2.24) is 10.2 Å². The molecule has 1 aromatic heterocycles. The fraction of sp³-hybridized carbons (Fsp3) is 0.111. The first-order valence-electron chi connectivity index (χ1n) is 7.22. The SMILES string of the molecule is COc1cccc(Cc2nnc(/C=C/c3ccc(F)cc3Cl)o2)c1. The zero-order valence-electron chi connectivity index (χ0n) is 12.9. The first-order chi connectivity index (χ1) is 11.6. The quantitative estimate of drug-likeness (QED) is 0.677. The van der Waals surface area contributed by atoms with E-state index < -0.39 is 0 Å². The molecule has 4 nitrogen and oxygen atoms in total. The van der Waals surface area contributed by atoms with Crippen LogP contribution in [0.1, 0.15) is 22.9 Å². The lowest BCUT2D eigenvalue weighted by atomic mass is 10.1. The summed E-state index contributed by atoms with van der Waals surface area (Å²) in [7, 11) is 1.62. The fourth-order valence-corrected chi connectivity index (χ4v) is 2.39. The predicted octanol–water partition coefficient (Wildman–Crippen LogP) is 4.63. The average molecular weight is 345 g/mol. The molecule has 0 atom stereocenters. The molecule has 0 radical (unpaired) electrons. The highest BCUT2D eigenvalue weighted by molar-refractivity contribution is 6.32. The summed E-state index contributed by atoms with van der Waals surface area (Å²) in [5, 5.41) is 8.30. The summed E-state index contributed by atoms with van der Waals surface area (Å²) in [4.78, 5) is 0. The van der Waals surface area contributed by atoms with Crippen LogP contribution in [0.2, 0.25) is 5.02 Å². The molecular formula is C18H14ClFN2O2. The minimum Gasteiger partial charge on any atom is -0.497 e. The van der Waals surface area contributed by atoms with Crippen LogP contribution < -0.4 is 4.74 Å². The van der Waals surface area contributed by atoms with E-state index in [1.807, 2.05) is 24.3 Å². The van der Waals surface area contributed by atoms with Crippen molar-refractivity contribution in [3.63, 3.8) is 0 Å². The van der Waals surface area contributed by atoms with Gasteiger partial charge < -0.3 is 9.15 Å². The maximum absolute atomic E-state index is 13.0. The van der Waals surface area contributed by atoms with Crippen molar-refractivity contribution in [3.05, 3.63) is 76.2 Å². The molecule has 3 aromatic rings. The fourth-order valence-electron chi connectivity index (χ4n) is 2.16. The Kier molecular flexibility index (Phi) is 4.91. The number of benzene rings is 2. The lowest BCUT2D eigenvalue weighted by molar-refractivity contribution is 0.414. The summed E-state index contributed by atoms with van der Waals surface area (Å²) >= 11 is 5.97. The van der Waals surface area contributed by atoms with E-state index in [4.69, 9.17) is 20.8 Å². The van der Waals surface area contributed by atoms with Crippen molar-refractivity contribution >= 4 is 23.8 Å². The number of hydrogen-bond acceptors (Lipinski definition) is 4. The number of methoxy groups -OCH3 is 1. The minimum atomic E-state index is -0.379. The molecule has 0 N–H and O–H groups in total. The van der Waals surface area contributed by atoms with Crippen LogP contribution in [0, 0.1) is 5.82 Å². The zero-order valence-corrected chi connectivity index (χ0v) is 13.6. The Labute approximate surface area is 143 Å². The molecule has 122 valence electrons. The number of halogens is 2. The van der Waals surface area contributed by atoms with Gasteiger partial charge in [0.1, 0.15) is 11.6 Å². The summed E-state index contributed by atoms with van der Waals surface area (Å²) in [5.74, 6) is 1.25. The molecule has 2 aromatic carbocycles. The third-order valence-electron chi connectivity index (χ3n) is 3.34. The monoisotopic (exact) mass is 344 g/mol. The highest BCUT2D eigenvalue weighted by Gasteiger charge is 2.06. The number of ether oxygens (including phenoxy) is 1. The van der Waals surface area contributed by atoms with Crippen molar-refractivity contribution in [3.8, 4) is 5.75 Å². The Morgan fingerprint density at radius 3 is 2.83 bits per heavy atom. The molecule has 6 heteroatoms. The van der Waals surface area contributed by atoms with Crippen molar-refractivity contribution in [2.24, 2.45) is 0 Å². The molecule has 0 unspecified atom stereocenters. The Hall–Kier alpha value is -2.66. The Balaban J connectivity index is 1.72. The maximum atomic E-state index is 13.0. The zero-order chi connectivity index (χ0) is 16.9. The molecule has 3 rings (SSSR count). The highest BCUT2D eigenvalue weighted by atomic mass is 35.5. The van der Waals surface area contributed by atoms with Crippen LogP contribution in [-0.4, -0.2) is 17.3 Å². The van der Waals surface area contributed by atoms with Gasteiger partial charge in [0, 0.05) is 6.08 Å². The van der Waals surface area contributed by atoms with Crippen LogP contribution in [0.3, 0.4) is 0 Å². The Morgan fingerprint density at radius 2 is 2.04 bits per heavy atom. The van der Waals surface area contributed by atoms with Gasteiger partial charge in [0.15, 0.2) is 0 Å². The Morgan fingerprint density at radius 1 is 1.17 bits per heavy atom. The minimum absolute atomic E-state index is 0.322. The maximum Gasteiger partial charge on any atom is 0.240 e. The van der Waals surface area contributed by atoms with E-state index in [9.17, 15) is 4.39 Å². The van der Waals surface area contributed by atoms with Gasteiger partial charge in [0.25, 0.3) is 0 Å². The molecule has 0 saturated carbocycles. The third-order valence-corrected chi connectivity index (χ3v) is 3.67. The molecule has 1 heterocycles. The van der Waals surface area contributed by atoms with E-state index in [0.717, 1.165) is 11.3 Å². The van der Waals surface area contributed by atoms with Crippen molar-refractivity contribution in [1.29, 1.82) is 0 Å². The van der Waals surface area contributed by atoms with Crippen molar-refractivity contribution < 1.29 is 13.5 Å². The van der Waals surface area contributed by atoms with E-state index in [0.29, 0.717) is 28.8 Å². The predicted molar refractivity (Wildman–Crippen MR) is 90.4 cm³/mol. The molecular weight excluding hydrogens is 331 g/mol. The van der Waals surface area contributed by atoms with Crippen LogP contribution in [0.5, 0.6) is 5.75 Å². The van der Waals surface area contributed by atoms with Crippen LogP contribution in [0.25, 0.3) is 12.2 Å². The molecule has 0 fully saturated rings. The number of nitrogens with zero attached hydrogens (tertiary/aromatic N) is 2. The van der Waals surface area contributed by atoms with Gasteiger partial charge >= 0.3 is 0 Å². The van der Waals surface area contributed by atoms with E-state index in [1.54, 1.807) is 25.3 Å². The third kappa shape index (κ3) is 4.00.